The van der Waals surface area contributed by atoms with Crippen LogP contribution < -0.4 is 10.6 Å². The van der Waals surface area contributed by atoms with Crippen LogP contribution in [0, 0.1) is 6.92 Å². The summed E-state index contributed by atoms with van der Waals surface area (Å²) < 4.78 is 2.41. The zero-order valence-electron chi connectivity index (χ0n) is 15.5. The number of aliphatic imine (C=N–C) groups is 1. The van der Waals surface area contributed by atoms with Gasteiger partial charge in [0.05, 0.1) is 12.2 Å². The van der Waals surface area contributed by atoms with Gasteiger partial charge in [0.25, 0.3) is 0 Å². The molecule has 3 rings (SSSR count). The lowest BCUT2D eigenvalue weighted by Gasteiger charge is -2.21. The first-order valence-corrected chi connectivity index (χ1v) is 10.2. The van der Waals surface area contributed by atoms with Crippen molar-refractivity contribution < 1.29 is 0 Å². The van der Waals surface area contributed by atoms with Crippen molar-refractivity contribution in [2.75, 3.05) is 25.4 Å². The molecule has 0 bridgehead atoms. The van der Waals surface area contributed by atoms with E-state index >= 15 is 0 Å². The van der Waals surface area contributed by atoms with Gasteiger partial charge in [-0.3, -0.25) is 4.99 Å². The fourth-order valence-electron chi connectivity index (χ4n) is 3.18. The van der Waals surface area contributed by atoms with Crippen LogP contribution in [0.25, 0.3) is 5.65 Å². The Morgan fingerprint density at radius 3 is 3.04 bits per heavy atom. The highest BCUT2D eigenvalue weighted by Gasteiger charge is 2.29. The molecule has 0 spiro atoms. The van der Waals surface area contributed by atoms with Crippen LogP contribution >= 0.6 is 11.8 Å². The van der Waals surface area contributed by atoms with Gasteiger partial charge in [0.2, 0.25) is 0 Å². The zero-order valence-corrected chi connectivity index (χ0v) is 16.3. The Labute approximate surface area is 154 Å². The number of fused-ring (bicyclic) bond motifs is 1. The quantitative estimate of drug-likeness (QED) is 0.615. The fourth-order valence-corrected chi connectivity index (χ4v) is 4.41. The number of imidazole rings is 1. The van der Waals surface area contributed by atoms with E-state index in [1.165, 1.54) is 24.2 Å². The molecular formula is C19H29N5S. The molecule has 1 aliphatic rings. The average Bonchev–Trinajstić information content (AvgIpc) is 3.20. The van der Waals surface area contributed by atoms with Crippen LogP contribution in [0.2, 0.25) is 0 Å². The first-order valence-electron chi connectivity index (χ1n) is 9.19. The normalized spacial score (nSPS) is 21.0. The summed E-state index contributed by atoms with van der Waals surface area (Å²) in [6.07, 6.45) is 7.63. The molecule has 1 unspecified atom stereocenters. The van der Waals surface area contributed by atoms with E-state index in [9.17, 15) is 0 Å². The second kappa shape index (κ2) is 8.13. The molecule has 0 aromatic carbocycles. The molecular weight excluding hydrogens is 330 g/mol. The van der Waals surface area contributed by atoms with Crippen molar-refractivity contribution in [3.8, 4) is 0 Å². The molecule has 3 heterocycles. The summed E-state index contributed by atoms with van der Waals surface area (Å²) in [5, 5.41) is 6.80. The van der Waals surface area contributed by atoms with Crippen molar-refractivity contribution in [2.45, 2.75) is 44.8 Å². The van der Waals surface area contributed by atoms with Gasteiger partial charge in [-0.1, -0.05) is 6.07 Å². The van der Waals surface area contributed by atoms with Crippen molar-refractivity contribution in [3.05, 3.63) is 35.8 Å². The lowest BCUT2D eigenvalue weighted by molar-refractivity contribution is 0.614. The van der Waals surface area contributed by atoms with Gasteiger partial charge in [-0.05, 0) is 51.0 Å². The molecule has 2 aromatic rings. The van der Waals surface area contributed by atoms with Gasteiger partial charge in [-0.15, -0.1) is 0 Å². The molecule has 6 heteroatoms. The Balaban J connectivity index is 1.56. The SMILES string of the molecule is CCNC(=NCC1(C)CCCS1)NCCc1cn2cccc(C)c2n1. The third kappa shape index (κ3) is 4.69. The molecule has 136 valence electrons. The summed E-state index contributed by atoms with van der Waals surface area (Å²) in [7, 11) is 0. The average molecular weight is 360 g/mol. The standard InChI is InChI=1S/C19H29N5S/c1-4-20-18(22-14-19(3)9-6-12-25-19)21-10-8-16-13-24-11-5-7-15(2)17(24)23-16/h5,7,11,13H,4,6,8-10,12,14H2,1-3H3,(H2,20,21,22). The maximum absolute atomic E-state index is 4.80. The van der Waals surface area contributed by atoms with E-state index in [-0.39, 0.29) is 0 Å². The molecule has 2 aromatic heterocycles. The number of thioether (sulfide) groups is 1. The summed E-state index contributed by atoms with van der Waals surface area (Å²) in [6, 6.07) is 4.16. The number of hydrogen-bond acceptors (Lipinski definition) is 3. The van der Waals surface area contributed by atoms with E-state index in [0.29, 0.717) is 4.75 Å². The van der Waals surface area contributed by atoms with Crippen LogP contribution in [0.5, 0.6) is 0 Å². The first-order chi connectivity index (χ1) is 12.1. The van der Waals surface area contributed by atoms with Gasteiger partial charge < -0.3 is 15.0 Å². The maximum Gasteiger partial charge on any atom is 0.191 e. The summed E-state index contributed by atoms with van der Waals surface area (Å²) in [4.78, 5) is 9.54. The molecule has 0 amide bonds. The third-order valence-corrected chi connectivity index (χ3v) is 6.14. The molecule has 1 aliphatic heterocycles. The molecule has 1 fully saturated rings. The van der Waals surface area contributed by atoms with Crippen molar-refractivity contribution in [1.82, 2.24) is 20.0 Å². The molecule has 5 nitrogen and oxygen atoms in total. The Morgan fingerprint density at radius 1 is 1.44 bits per heavy atom. The van der Waals surface area contributed by atoms with Crippen LogP contribution in [0.3, 0.4) is 0 Å². The Bertz CT molecular complexity index is 730. The highest BCUT2D eigenvalue weighted by Crippen LogP contribution is 2.37. The summed E-state index contributed by atoms with van der Waals surface area (Å²) in [5.74, 6) is 2.18. The maximum atomic E-state index is 4.80. The summed E-state index contributed by atoms with van der Waals surface area (Å²) >= 11 is 2.05. The lowest BCUT2D eigenvalue weighted by atomic mass is 10.1. The number of nitrogens with zero attached hydrogens (tertiary/aromatic N) is 3. The number of aromatic nitrogens is 2. The lowest BCUT2D eigenvalue weighted by Crippen LogP contribution is -2.39. The largest absolute Gasteiger partial charge is 0.357 e. The molecule has 1 saturated heterocycles. The smallest absolute Gasteiger partial charge is 0.191 e. The molecule has 0 radical (unpaired) electrons. The predicted molar refractivity (Wildman–Crippen MR) is 108 cm³/mol. The van der Waals surface area contributed by atoms with Crippen LogP contribution in [-0.2, 0) is 6.42 Å². The number of hydrogen-bond donors (Lipinski definition) is 2. The molecule has 25 heavy (non-hydrogen) atoms. The van der Waals surface area contributed by atoms with E-state index in [4.69, 9.17) is 9.98 Å². The second-order valence-corrected chi connectivity index (χ2v) is 8.61. The minimum atomic E-state index is 0.307. The van der Waals surface area contributed by atoms with Crippen molar-refractivity contribution in [2.24, 2.45) is 4.99 Å². The van der Waals surface area contributed by atoms with Crippen LogP contribution in [0.1, 0.15) is 37.9 Å². The molecule has 1 atom stereocenters. The van der Waals surface area contributed by atoms with E-state index < -0.39 is 0 Å². The Morgan fingerprint density at radius 2 is 2.32 bits per heavy atom. The van der Waals surface area contributed by atoms with Crippen LogP contribution in [0.15, 0.2) is 29.5 Å². The Hall–Kier alpha value is -1.69. The minimum absolute atomic E-state index is 0.307. The molecule has 0 aliphatic carbocycles. The first kappa shape index (κ1) is 18.1. The molecule has 0 saturated carbocycles. The predicted octanol–water partition coefficient (Wildman–Crippen LogP) is 3.03. The minimum Gasteiger partial charge on any atom is -0.357 e. The monoisotopic (exact) mass is 359 g/mol. The Kier molecular flexibility index (Phi) is 5.89. The van der Waals surface area contributed by atoms with E-state index in [1.54, 1.807) is 0 Å². The van der Waals surface area contributed by atoms with Gasteiger partial charge >= 0.3 is 0 Å². The van der Waals surface area contributed by atoms with Crippen LogP contribution in [0.4, 0.5) is 0 Å². The van der Waals surface area contributed by atoms with Gasteiger partial charge in [0, 0.05) is 36.7 Å². The number of rotatable bonds is 6. The third-order valence-electron chi connectivity index (χ3n) is 4.62. The van der Waals surface area contributed by atoms with E-state index in [0.717, 1.165) is 43.4 Å². The number of guanidine groups is 1. The molecule has 2 N–H and O–H groups in total. The summed E-state index contributed by atoms with van der Waals surface area (Å²) in [6.45, 7) is 9.12. The number of aryl methyl sites for hydroxylation is 1. The summed E-state index contributed by atoms with van der Waals surface area (Å²) in [5.41, 5.74) is 3.36. The highest BCUT2D eigenvalue weighted by molar-refractivity contribution is 8.00. The van der Waals surface area contributed by atoms with Gasteiger partial charge in [-0.25, -0.2) is 4.98 Å². The van der Waals surface area contributed by atoms with Gasteiger partial charge in [0.15, 0.2) is 5.96 Å². The number of pyridine rings is 1. The topological polar surface area (TPSA) is 53.7 Å². The fraction of sp³-hybridized carbons (Fsp3) is 0.579. The van der Waals surface area contributed by atoms with Crippen molar-refractivity contribution in [1.29, 1.82) is 0 Å². The highest BCUT2D eigenvalue weighted by atomic mass is 32.2. The van der Waals surface area contributed by atoms with Crippen LogP contribution in [-0.4, -0.2) is 45.5 Å². The van der Waals surface area contributed by atoms with Crippen molar-refractivity contribution >= 4 is 23.4 Å². The van der Waals surface area contributed by atoms with Gasteiger partial charge in [0.1, 0.15) is 5.65 Å². The van der Waals surface area contributed by atoms with Gasteiger partial charge in [-0.2, -0.15) is 11.8 Å². The van der Waals surface area contributed by atoms with Crippen molar-refractivity contribution in [3.63, 3.8) is 0 Å². The number of nitrogens with one attached hydrogen (secondary N) is 2. The van der Waals surface area contributed by atoms with E-state index in [1.807, 2.05) is 0 Å². The van der Waals surface area contributed by atoms with E-state index in [2.05, 4.69) is 72.1 Å². The zero-order chi connectivity index (χ0) is 17.7. The second-order valence-electron chi connectivity index (χ2n) is 6.93.